The smallest absolute Gasteiger partial charge is 0.112 e. The monoisotopic (exact) mass is 414 g/mol. The maximum Gasteiger partial charge on any atom is 0.112 e. The van der Waals surface area contributed by atoms with E-state index in [1.54, 1.807) is 0 Å². The number of hydrogen-bond donors (Lipinski definition) is 1. The first-order valence-corrected chi connectivity index (χ1v) is 12.5. The molecule has 170 valence electrons. The zero-order valence-corrected chi connectivity index (χ0v) is 20.2. The average Bonchev–Trinajstić information content (AvgIpc) is 3.16. The molecule has 1 aliphatic rings. The van der Waals surface area contributed by atoms with Crippen molar-refractivity contribution in [3.8, 4) is 0 Å². The van der Waals surface area contributed by atoms with Crippen LogP contribution in [0.2, 0.25) is 0 Å². The van der Waals surface area contributed by atoms with Crippen LogP contribution in [0.1, 0.15) is 116 Å². The third kappa shape index (κ3) is 6.54. The minimum Gasteiger partial charge on any atom is -0.307 e. The first kappa shape index (κ1) is 24.8. The van der Waals surface area contributed by atoms with Crippen LogP contribution in [0.3, 0.4) is 0 Å². The normalized spacial score (nSPS) is 20.3. The second-order valence-electron chi connectivity index (χ2n) is 9.47. The second kappa shape index (κ2) is 12.4. The Bertz CT molecular complexity index is 655. The fraction of sp³-hybridized carbons (Fsp3) is 0.769. The van der Waals surface area contributed by atoms with E-state index in [4.69, 9.17) is 5.73 Å². The molecule has 3 atom stereocenters. The van der Waals surface area contributed by atoms with Gasteiger partial charge in [-0.25, -0.2) is 4.68 Å². The van der Waals surface area contributed by atoms with E-state index in [2.05, 4.69) is 73.9 Å². The van der Waals surface area contributed by atoms with E-state index in [1.165, 1.54) is 51.4 Å². The second-order valence-corrected chi connectivity index (χ2v) is 9.47. The molecular weight excluding hydrogens is 368 g/mol. The molecule has 0 aromatic carbocycles. The van der Waals surface area contributed by atoms with Crippen molar-refractivity contribution < 1.29 is 0 Å². The summed E-state index contributed by atoms with van der Waals surface area (Å²) in [4.78, 5) is 0. The quantitative estimate of drug-likeness (QED) is 0.356. The highest BCUT2D eigenvalue weighted by molar-refractivity contribution is 5.26. The first-order valence-electron chi connectivity index (χ1n) is 12.5. The van der Waals surface area contributed by atoms with Gasteiger partial charge in [-0.3, -0.25) is 0 Å². The number of allylic oxidation sites excluding steroid dienone is 4. The summed E-state index contributed by atoms with van der Waals surface area (Å²) in [5, 5.41) is 9.33. The van der Waals surface area contributed by atoms with Crippen molar-refractivity contribution in [2.75, 3.05) is 0 Å². The lowest BCUT2D eigenvalue weighted by atomic mass is 9.81. The molecule has 2 N–H and O–H groups in total. The SMILES string of the molecule is CCCCC(CC)CC(N)(CC(CC)CCCC)n1nnc(C2C=CC=CC2)c1C. The van der Waals surface area contributed by atoms with Crippen molar-refractivity contribution in [2.24, 2.45) is 17.6 Å². The van der Waals surface area contributed by atoms with Crippen LogP contribution in [0.15, 0.2) is 24.3 Å². The Balaban J connectivity index is 2.33. The lowest BCUT2D eigenvalue weighted by Gasteiger charge is -2.37. The number of nitrogens with zero attached hydrogens (tertiary/aromatic N) is 3. The number of nitrogens with two attached hydrogens (primary N) is 1. The summed E-state index contributed by atoms with van der Waals surface area (Å²) in [6.07, 6.45) is 21.6. The lowest BCUT2D eigenvalue weighted by Crippen LogP contribution is -2.47. The molecule has 0 amide bonds. The highest BCUT2D eigenvalue weighted by Gasteiger charge is 2.36. The van der Waals surface area contributed by atoms with Crippen molar-refractivity contribution in [2.45, 2.75) is 117 Å². The van der Waals surface area contributed by atoms with Crippen molar-refractivity contribution >= 4 is 0 Å². The van der Waals surface area contributed by atoms with Gasteiger partial charge in [0, 0.05) is 5.92 Å². The van der Waals surface area contributed by atoms with Crippen LogP contribution in [0, 0.1) is 18.8 Å². The third-order valence-corrected chi connectivity index (χ3v) is 7.05. The third-order valence-electron chi connectivity index (χ3n) is 7.05. The molecule has 1 heterocycles. The predicted octanol–water partition coefficient (Wildman–Crippen LogP) is 7.01. The molecule has 2 rings (SSSR count). The molecule has 0 radical (unpaired) electrons. The van der Waals surface area contributed by atoms with Crippen LogP contribution >= 0.6 is 0 Å². The molecule has 3 unspecified atom stereocenters. The van der Waals surface area contributed by atoms with Gasteiger partial charge in [-0.15, -0.1) is 5.10 Å². The zero-order chi connectivity index (χ0) is 22.0. The van der Waals surface area contributed by atoms with Crippen LogP contribution in [-0.4, -0.2) is 15.0 Å². The van der Waals surface area contributed by atoms with E-state index in [0.29, 0.717) is 17.8 Å². The Morgan fingerprint density at radius 3 is 2.10 bits per heavy atom. The molecule has 1 aliphatic carbocycles. The number of rotatable bonds is 14. The largest absolute Gasteiger partial charge is 0.307 e. The van der Waals surface area contributed by atoms with Gasteiger partial charge in [0.25, 0.3) is 0 Å². The predicted molar refractivity (Wildman–Crippen MR) is 128 cm³/mol. The van der Waals surface area contributed by atoms with Crippen LogP contribution in [-0.2, 0) is 5.66 Å². The topological polar surface area (TPSA) is 56.7 Å². The highest BCUT2D eigenvalue weighted by atomic mass is 15.5. The summed E-state index contributed by atoms with van der Waals surface area (Å²) >= 11 is 0. The van der Waals surface area contributed by atoms with Crippen molar-refractivity contribution in [3.05, 3.63) is 35.7 Å². The summed E-state index contributed by atoms with van der Waals surface area (Å²) < 4.78 is 2.11. The zero-order valence-electron chi connectivity index (χ0n) is 20.2. The van der Waals surface area contributed by atoms with Crippen molar-refractivity contribution in [1.82, 2.24) is 15.0 Å². The molecule has 4 nitrogen and oxygen atoms in total. The van der Waals surface area contributed by atoms with Gasteiger partial charge in [0.05, 0.1) is 11.4 Å². The van der Waals surface area contributed by atoms with Gasteiger partial charge in [-0.05, 0) is 38.0 Å². The van der Waals surface area contributed by atoms with Crippen LogP contribution < -0.4 is 5.73 Å². The van der Waals surface area contributed by atoms with Crippen molar-refractivity contribution in [3.63, 3.8) is 0 Å². The molecular formula is C26H46N4. The minimum absolute atomic E-state index is 0.317. The summed E-state index contributed by atoms with van der Waals surface area (Å²) in [6.45, 7) is 11.4. The minimum atomic E-state index is -0.452. The molecule has 30 heavy (non-hydrogen) atoms. The molecule has 1 aromatic heterocycles. The Morgan fingerprint density at radius 2 is 1.63 bits per heavy atom. The maximum absolute atomic E-state index is 7.29. The molecule has 0 saturated carbocycles. The van der Waals surface area contributed by atoms with E-state index in [9.17, 15) is 0 Å². The van der Waals surface area contributed by atoms with Gasteiger partial charge in [0.15, 0.2) is 0 Å². The summed E-state index contributed by atoms with van der Waals surface area (Å²) in [5.74, 6) is 1.60. The molecule has 0 saturated heterocycles. The first-order chi connectivity index (χ1) is 14.5. The maximum atomic E-state index is 7.29. The van der Waals surface area contributed by atoms with Gasteiger partial charge in [0.1, 0.15) is 5.66 Å². The summed E-state index contributed by atoms with van der Waals surface area (Å²) in [7, 11) is 0. The van der Waals surface area contributed by atoms with Crippen LogP contribution in [0.5, 0.6) is 0 Å². The Kier molecular flexibility index (Phi) is 10.3. The summed E-state index contributed by atoms with van der Waals surface area (Å²) in [6, 6.07) is 0. The average molecular weight is 415 g/mol. The van der Waals surface area contributed by atoms with Crippen LogP contribution in [0.25, 0.3) is 0 Å². The number of aromatic nitrogens is 3. The lowest BCUT2D eigenvalue weighted by molar-refractivity contribution is 0.137. The fourth-order valence-corrected chi connectivity index (χ4v) is 5.03. The Labute approximate surface area is 185 Å². The van der Waals surface area contributed by atoms with Gasteiger partial charge >= 0.3 is 0 Å². The Hall–Kier alpha value is -1.42. The highest BCUT2D eigenvalue weighted by Crippen LogP contribution is 2.36. The van der Waals surface area contributed by atoms with E-state index < -0.39 is 5.66 Å². The number of hydrogen-bond acceptors (Lipinski definition) is 3. The van der Waals surface area contributed by atoms with E-state index in [0.717, 1.165) is 30.7 Å². The molecule has 4 heteroatoms. The van der Waals surface area contributed by atoms with Gasteiger partial charge in [0.2, 0.25) is 0 Å². The molecule has 0 bridgehead atoms. The molecule has 1 aromatic rings. The van der Waals surface area contributed by atoms with Crippen molar-refractivity contribution in [1.29, 1.82) is 0 Å². The van der Waals surface area contributed by atoms with E-state index in [1.807, 2.05) is 0 Å². The molecule has 0 spiro atoms. The molecule has 0 fully saturated rings. The van der Waals surface area contributed by atoms with E-state index in [-0.39, 0.29) is 0 Å². The van der Waals surface area contributed by atoms with Gasteiger partial charge in [-0.2, -0.15) is 0 Å². The van der Waals surface area contributed by atoms with E-state index >= 15 is 0 Å². The Morgan fingerprint density at radius 1 is 1.03 bits per heavy atom. The van der Waals surface area contributed by atoms with Gasteiger partial charge in [-0.1, -0.05) is 109 Å². The number of unbranched alkanes of at least 4 members (excludes halogenated alkanes) is 2. The standard InChI is InChI=1S/C26H46N4/c1-6-10-15-22(8-3)19-26(27,20-23(9-4)16-11-7-2)30-21(5)25(28-29-30)24-17-13-12-14-18-24/h12-14,17,22-24H,6-11,15-16,18-20,27H2,1-5H3. The fourth-order valence-electron chi connectivity index (χ4n) is 5.03. The van der Waals surface area contributed by atoms with Crippen LogP contribution in [0.4, 0.5) is 0 Å². The molecule has 0 aliphatic heterocycles. The summed E-state index contributed by atoms with van der Waals surface area (Å²) in [5.41, 5.74) is 9.08. The van der Waals surface area contributed by atoms with Gasteiger partial charge < -0.3 is 5.73 Å².